The maximum absolute atomic E-state index is 12.4. The minimum atomic E-state index is -0.325. The van der Waals surface area contributed by atoms with Crippen LogP contribution in [0.4, 0.5) is 5.69 Å². The minimum absolute atomic E-state index is 0.189. The van der Waals surface area contributed by atoms with Crippen LogP contribution in [0.25, 0.3) is 0 Å². The zero-order valence-electron chi connectivity index (χ0n) is 12.6. The Balaban J connectivity index is 1.67. The van der Waals surface area contributed by atoms with Crippen LogP contribution in [0.5, 0.6) is 0 Å². The number of nitrogens with zero attached hydrogens (tertiary/aromatic N) is 2. The molecule has 0 radical (unpaired) electrons. The van der Waals surface area contributed by atoms with E-state index in [1.54, 1.807) is 17.0 Å². The van der Waals surface area contributed by atoms with E-state index in [2.05, 4.69) is 41.1 Å². The monoisotopic (exact) mass is 297 g/mol. The van der Waals surface area contributed by atoms with Crippen LogP contribution in [0.3, 0.4) is 0 Å². The van der Waals surface area contributed by atoms with Gasteiger partial charge in [-0.25, -0.2) is 0 Å². The molecular formula is C17H19N3O2. The summed E-state index contributed by atoms with van der Waals surface area (Å²) in [7, 11) is 0. The van der Waals surface area contributed by atoms with E-state index >= 15 is 0 Å². The van der Waals surface area contributed by atoms with E-state index in [9.17, 15) is 9.59 Å². The summed E-state index contributed by atoms with van der Waals surface area (Å²) in [5.41, 5.74) is 2.30. The molecule has 1 aliphatic heterocycles. The molecule has 0 bridgehead atoms. The summed E-state index contributed by atoms with van der Waals surface area (Å²) in [6.45, 7) is 4.87. The zero-order valence-corrected chi connectivity index (χ0v) is 12.6. The van der Waals surface area contributed by atoms with E-state index in [0.29, 0.717) is 13.1 Å². The lowest BCUT2D eigenvalue weighted by atomic mass is 10.2. The Kier molecular flexibility index (Phi) is 3.96. The second-order valence-corrected chi connectivity index (χ2v) is 5.53. The molecule has 1 aromatic heterocycles. The Morgan fingerprint density at radius 2 is 1.73 bits per heavy atom. The fraction of sp³-hybridized carbons (Fsp3) is 0.294. The SMILES string of the molecule is Cc1ccc(N2CCN(C(=O)c3ccc[nH]c3=O)CC2)cc1. The quantitative estimate of drug-likeness (QED) is 0.917. The molecule has 114 valence electrons. The number of carbonyl (C=O) groups excluding carboxylic acids is 1. The standard InChI is InChI=1S/C17H19N3O2/c1-13-4-6-14(7-5-13)19-9-11-20(12-10-19)17(22)15-3-2-8-18-16(15)21/h2-8H,9-12H2,1H3,(H,18,21). The number of carbonyl (C=O) groups is 1. The van der Waals surface area contributed by atoms with Crippen molar-refractivity contribution in [1.82, 2.24) is 9.88 Å². The van der Waals surface area contributed by atoms with Crippen LogP contribution in [-0.2, 0) is 0 Å². The fourth-order valence-electron chi connectivity index (χ4n) is 2.68. The number of nitrogens with one attached hydrogen (secondary N) is 1. The van der Waals surface area contributed by atoms with Gasteiger partial charge in [0.15, 0.2) is 0 Å². The van der Waals surface area contributed by atoms with Crippen molar-refractivity contribution in [2.45, 2.75) is 6.92 Å². The predicted molar refractivity (Wildman–Crippen MR) is 86.4 cm³/mol. The van der Waals surface area contributed by atoms with Gasteiger partial charge >= 0.3 is 0 Å². The van der Waals surface area contributed by atoms with Crippen LogP contribution in [0.2, 0.25) is 0 Å². The van der Waals surface area contributed by atoms with Gasteiger partial charge in [-0.2, -0.15) is 0 Å². The molecule has 1 aromatic carbocycles. The van der Waals surface area contributed by atoms with Crippen molar-refractivity contribution < 1.29 is 4.79 Å². The Labute approximate surface area is 129 Å². The zero-order chi connectivity index (χ0) is 15.5. The van der Waals surface area contributed by atoms with Crippen molar-refractivity contribution in [3.8, 4) is 0 Å². The summed E-state index contributed by atoms with van der Waals surface area (Å²) in [6, 6.07) is 11.7. The first-order valence-electron chi connectivity index (χ1n) is 7.44. The number of aromatic amines is 1. The molecule has 0 aliphatic carbocycles. The first-order chi connectivity index (χ1) is 10.6. The summed E-state index contributed by atoms with van der Waals surface area (Å²) in [5.74, 6) is -0.189. The number of rotatable bonds is 2. The highest BCUT2D eigenvalue weighted by molar-refractivity contribution is 5.94. The van der Waals surface area contributed by atoms with Gasteiger partial charge in [0.25, 0.3) is 11.5 Å². The maximum atomic E-state index is 12.4. The van der Waals surface area contributed by atoms with Crippen LogP contribution in [0.1, 0.15) is 15.9 Å². The van der Waals surface area contributed by atoms with Crippen LogP contribution in [0.15, 0.2) is 47.4 Å². The van der Waals surface area contributed by atoms with Crippen molar-refractivity contribution in [3.05, 3.63) is 64.1 Å². The Bertz CT molecular complexity index is 713. The van der Waals surface area contributed by atoms with Crippen molar-refractivity contribution >= 4 is 11.6 Å². The molecule has 2 aromatic rings. The summed E-state index contributed by atoms with van der Waals surface area (Å²) in [5, 5.41) is 0. The van der Waals surface area contributed by atoms with Crippen LogP contribution in [-0.4, -0.2) is 42.0 Å². The van der Waals surface area contributed by atoms with Gasteiger partial charge in [0.1, 0.15) is 5.56 Å². The first-order valence-corrected chi connectivity index (χ1v) is 7.44. The van der Waals surface area contributed by atoms with E-state index in [1.165, 1.54) is 17.4 Å². The lowest BCUT2D eigenvalue weighted by molar-refractivity contribution is 0.0745. The van der Waals surface area contributed by atoms with E-state index in [4.69, 9.17) is 0 Å². The molecule has 1 fully saturated rings. The molecule has 1 aliphatic rings. The third kappa shape index (κ3) is 2.88. The number of piperazine rings is 1. The summed E-state index contributed by atoms with van der Waals surface area (Å²) >= 11 is 0. The number of aromatic nitrogens is 1. The highest BCUT2D eigenvalue weighted by Crippen LogP contribution is 2.17. The number of hydrogen-bond acceptors (Lipinski definition) is 3. The molecular weight excluding hydrogens is 278 g/mol. The third-order valence-electron chi connectivity index (χ3n) is 4.01. The average Bonchev–Trinajstić information content (AvgIpc) is 2.56. The number of H-pyrrole nitrogens is 1. The van der Waals surface area contributed by atoms with E-state index in [0.717, 1.165) is 13.1 Å². The molecule has 1 N–H and O–H groups in total. The van der Waals surface area contributed by atoms with Gasteiger partial charge < -0.3 is 14.8 Å². The first kappa shape index (κ1) is 14.4. The summed E-state index contributed by atoms with van der Waals surface area (Å²) in [6.07, 6.45) is 1.54. The number of hydrogen-bond donors (Lipinski definition) is 1. The molecule has 1 amide bonds. The van der Waals surface area contributed by atoms with Gasteiger partial charge in [0, 0.05) is 38.1 Å². The normalized spacial score (nSPS) is 15.0. The fourth-order valence-corrected chi connectivity index (χ4v) is 2.68. The molecule has 0 unspecified atom stereocenters. The highest BCUT2D eigenvalue weighted by Gasteiger charge is 2.23. The number of pyridine rings is 1. The lowest BCUT2D eigenvalue weighted by Crippen LogP contribution is -2.49. The maximum Gasteiger partial charge on any atom is 0.260 e. The van der Waals surface area contributed by atoms with Gasteiger partial charge in [-0.15, -0.1) is 0 Å². The predicted octanol–water partition coefficient (Wildman–Crippen LogP) is 1.65. The largest absolute Gasteiger partial charge is 0.368 e. The third-order valence-corrected chi connectivity index (χ3v) is 4.01. The molecule has 2 heterocycles. The molecule has 0 saturated carbocycles. The minimum Gasteiger partial charge on any atom is -0.368 e. The topological polar surface area (TPSA) is 56.4 Å². The Morgan fingerprint density at radius 1 is 1.05 bits per heavy atom. The highest BCUT2D eigenvalue weighted by atomic mass is 16.2. The van der Waals surface area contributed by atoms with Gasteiger partial charge in [0.2, 0.25) is 0 Å². The second kappa shape index (κ2) is 6.05. The Morgan fingerprint density at radius 3 is 2.36 bits per heavy atom. The van der Waals surface area contributed by atoms with Gasteiger partial charge in [-0.3, -0.25) is 9.59 Å². The molecule has 0 spiro atoms. The molecule has 5 nitrogen and oxygen atoms in total. The summed E-state index contributed by atoms with van der Waals surface area (Å²) < 4.78 is 0. The number of aryl methyl sites for hydroxylation is 1. The molecule has 1 saturated heterocycles. The average molecular weight is 297 g/mol. The number of amides is 1. The van der Waals surface area contributed by atoms with Gasteiger partial charge in [0.05, 0.1) is 0 Å². The van der Waals surface area contributed by atoms with Crippen molar-refractivity contribution in [2.75, 3.05) is 31.1 Å². The van der Waals surface area contributed by atoms with Crippen LogP contribution in [0, 0.1) is 6.92 Å². The van der Waals surface area contributed by atoms with E-state index in [1.807, 2.05) is 0 Å². The second-order valence-electron chi connectivity index (χ2n) is 5.53. The summed E-state index contributed by atoms with van der Waals surface area (Å²) in [4.78, 5) is 30.7. The van der Waals surface area contributed by atoms with Crippen LogP contribution >= 0.6 is 0 Å². The lowest BCUT2D eigenvalue weighted by Gasteiger charge is -2.36. The van der Waals surface area contributed by atoms with Gasteiger partial charge in [-0.1, -0.05) is 17.7 Å². The molecule has 22 heavy (non-hydrogen) atoms. The molecule has 5 heteroatoms. The number of anilines is 1. The van der Waals surface area contributed by atoms with Crippen molar-refractivity contribution in [1.29, 1.82) is 0 Å². The van der Waals surface area contributed by atoms with Crippen molar-refractivity contribution in [2.24, 2.45) is 0 Å². The van der Waals surface area contributed by atoms with Crippen LogP contribution < -0.4 is 10.5 Å². The van der Waals surface area contributed by atoms with Crippen molar-refractivity contribution in [3.63, 3.8) is 0 Å². The molecule has 3 rings (SSSR count). The van der Waals surface area contributed by atoms with E-state index < -0.39 is 0 Å². The smallest absolute Gasteiger partial charge is 0.260 e. The molecule has 0 atom stereocenters. The number of benzene rings is 1. The van der Waals surface area contributed by atoms with Gasteiger partial charge in [-0.05, 0) is 31.2 Å². The van der Waals surface area contributed by atoms with E-state index in [-0.39, 0.29) is 17.0 Å². The Hall–Kier alpha value is -2.56.